The van der Waals surface area contributed by atoms with Crippen LogP contribution in [0.2, 0.25) is 0 Å². The minimum Gasteiger partial charge on any atom is -0.301 e. The highest BCUT2D eigenvalue weighted by Crippen LogP contribution is 2.25. The van der Waals surface area contributed by atoms with Crippen molar-refractivity contribution < 1.29 is 0 Å². The largest absolute Gasteiger partial charge is 0.301 e. The quantitative estimate of drug-likeness (QED) is 0.784. The van der Waals surface area contributed by atoms with Crippen molar-refractivity contribution in [2.45, 2.75) is 52.1 Å². The number of rotatable bonds is 7. The number of nitrogens with zero attached hydrogens (tertiary/aromatic N) is 1. The van der Waals surface area contributed by atoms with Gasteiger partial charge in [0.1, 0.15) is 5.01 Å². The van der Waals surface area contributed by atoms with Crippen LogP contribution in [0.1, 0.15) is 61.8 Å². The second kappa shape index (κ2) is 7.55. The van der Waals surface area contributed by atoms with Crippen molar-refractivity contribution in [3.05, 3.63) is 52.0 Å². The van der Waals surface area contributed by atoms with Crippen LogP contribution in [0, 0.1) is 0 Å². The molecule has 0 aliphatic rings. The average Bonchev–Trinajstić information content (AvgIpc) is 3.03. The highest BCUT2D eigenvalue weighted by molar-refractivity contribution is 7.09. The number of hydrogen-bond donors (Lipinski definition) is 1. The molecule has 1 aromatic heterocycles. The van der Waals surface area contributed by atoms with Crippen LogP contribution in [0.3, 0.4) is 0 Å². The minimum atomic E-state index is 0.353. The van der Waals surface area contributed by atoms with Gasteiger partial charge in [0, 0.05) is 17.6 Å². The third kappa shape index (κ3) is 3.68. The molecule has 0 radical (unpaired) electrons. The Balaban J connectivity index is 2.10. The van der Waals surface area contributed by atoms with E-state index in [4.69, 9.17) is 0 Å². The lowest BCUT2D eigenvalue weighted by Crippen LogP contribution is -2.25. The summed E-state index contributed by atoms with van der Waals surface area (Å²) in [5.41, 5.74) is 2.77. The molecular weight excluding hydrogens is 264 g/mol. The molecule has 0 aliphatic heterocycles. The van der Waals surface area contributed by atoms with E-state index < -0.39 is 0 Å². The predicted octanol–water partition coefficient (Wildman–Crippen LogP) is 4.90. The van der Waals surface area contributed by atoms with Crippen molar-refractivity contribution in [2.24, 2.45) is 0 Å². The number of nitrogens with one attached hydrogen (secondary N) is 1. The Morgan fingerprint density at radius 3 is 2.25 bits per heavy atom. The lowest BCUT2D eigenvalue weighted by Gasteiger charge is -2.23. The fraction of sp³-hybridized carbons (Fsp3) is 0.471. The predicted molar refractivity (Wildman–Crippen MR) is 87.1 cm³/mol. The van der Waals surface area contributed by atoms with E-state index in [-0.39, 0.29) is 0 Å². The van der Waals surface area contributed by atoms with Gasteiger partial charge in [-0.2, -0.15) is 0 Å². The molecule has 0 fully saturated rings. The Morgan fingerprint density at radius 2 is 1.75 bits per heavy atom. The van der Waals surface area contributed by atoms with Crippen molar-refractivity contribution in [1.82, 2.24) is 10.3 Å². The molecule has 0 bridgehead atoms. The van der Waals surface area contributed by atoms with Crippen LogP contribution in [0.15, 0.2) is 35.8 Å². The molecule has 0 saturated carbocycles. The van der Waals surface area contributed by atoms with E-state index >= 15 is 0 Å². The molecule has 1 N–H and O–H groups in total. The second-order valence-corrected chi connectivity index (χ2v) is 5.98. The van der Waals surface area contributed by atoms with Crippen LogP contribution in [0.25, 0.3) is 0 Å². The number of aromatic nitrogens is 1. The molecule has 1 aromatic carbocycles. The van der Waals surface area contributed by atoms with Gasteiger partial charge in [0.05, 0.1) is 6.04 Å². The Bertz CT molecular complexity index is 490. The first-order valence-corrected chi connectivity index (χ1v) is 8.40. The van der Waals surface area contributed by atoms with Crippen molar-refractivity contribution >= 4 is 11.3 Å². The Labute approximate surface area is 126 Å². The standard InChI is InChI=1S/C17H24N2S/c1-4-13-7-9-14(10-8-13)15(5-2)19-16(6-3)17-18-11-12-20-17/h7-12,15-16,19H,4-6H2,1-3H3. The first-order valence-electron chi connectivity index (χ1n) is 7.52. The summed E-state index contributed by atoms with van der Waals surface area (Å²) in [6, 6.07) is 9.75. The maximum absolute atomic E-state index is 4.45. The first-order chi connectivity index (χ1) is 9.78. The summed E-state index contributed by atoms with van der Waals surface area (Å²) in [7, 11) is 0. The fourth-order valence-corrected chi connectivity index (χ4v) is 3.23. The zero-order valence-corrected chi connectivity index (χ0v) is 13.4. The van der Waals surface area contributed by atoms with Gasteiger partial charge in [-0.1, -0.05) is 45.0 Å². The summed E-state index contributed by atoms with van der Waals surface area (Å²) in [4.78, 5) is 4.45. The monoisotopic (exact) mass is 288 g/mol. The van der Waals surface area contributed by atoms with Gasteiger partial charge in [0.2, 0.25) is 0 Å². The highest BCUT2D eigenvalue weighted by Gasteiger charge is 2.17. The van der Waals surface area contributed by atoms with Gasteiger partial charge < -0.3 is 5.32 Å². The molecule has 2 rings (SSSR count). The summed E-state index contributed by atoms with van der Waals surface area (Å²) >= 11 is 1.74. The maximum atomic E-state index is 4.45. The van der Waals surface area contributed by atoms with E-state index in [1.807, 2.05) is 6.20 Å². The Hall–Kier alpha value is -1.19. The highest BCUT2D eigenvalue weighted by atomic mass is 32.1. The molecule has 2 nitrogen and oxygen atoms in total. The van der Waals surface area contributed by atoms with Crippen LogP contribution < -0.4 is 5.32 Å². The second-order valence-electron chi connectivity index (χ2n) is 5.05. The molecule has 1 heterocycles. The van der Waals surface area contributed by atoms with E-state index in [9.17, 15) is 0 Å². The molecule has 20 heavy (non-hydrogen) atoms. The fourth-order valence-electron chi connectivity index (χ4n) is 2.45. The zero-order chi connectivity index (χ0) is 14.4. The van der Waals surface area contributed by atoms with Gasteiger partial charge in [-0.15, -0.1) is 11.3 Å². The van der Waals surface area contributed by atoms with E-state index in [0.717, 1.165) is 19.3 Å². The van der Waals surface area contributed by atoms with Crippen LogP contribution in [0.4, 0.5) is 0 Å². The normalized spacial score (nSPS) is 14.2. The molecule has 0 saturated heterocycles. The van der Waals surface area contributed by atoms with E-state index in [2.05, 4.69) is 60.7 Å². The molecule has 0 aliphatic carbocycles. The summed E-state index contributed by atoms with van der Waals surface area (Å²) in [5.74, 6) is 0. The summed E-state index contributed by atoms with van der Waals surface area (Å²) in [6.07, 6.45) is 5.15. The van der Waals surface area contributed by atoms with Crippen molar-refractivity contribution in [1.29, 1.82) is 0 Å². The number of benzene rings is 1. The first kappa shape index (κ1) is 15.2. The van der Waals surface area contributed by atoms with Gasteiger partial charge in [-0.25, -0.2) is 4.98 Å². The molecule has 3 heteroatoms. The molecule has 2 unspecified atom stereocenters. The summed E-state index contributed by atoms with van der Waals surface area (Å²) < 4.78 is 0. The summed E-state index contributed by atoms with van der Waals surface area (Å²) in [5, 5.41) is 7.00. The van der Waals surface area contributed by atoms with Crippen LogP contribution in [-0.2, 0) is 6.42 Å². The van der Waals surface area contributed by atoms with Gasteiger partial charge in [-0.3, -0.25) is 0 Å². The lowest BCUT2D eigenvalue weighted by molar-refractivity contribution is 0.425. The Morgan fingerprint density at radius 1 is 1.05 bits per heavy atom. The van der Waals surface area contributed by atoms with Crippen LogP contribution in [-0.4, -0.2) is 4.98 Å². The van der Waals surface area contributed by atoms with E-state index in [1.54, 1.807) is 11.3 Å². The molecule has 2 aromatic rings. The molecule has 0 spiro atoms. The van der Waals surface area contributed by atoms with Crippen LogP contribution >= 0.6 is 11.3 Å². The van der Waals surface area contributed by atoms with Gasteiger partial charge >= 0.3 is 0 Å². The van der Waals surface area contributed by atoms with E-state index in [1.165, 1.54) is 16.1 Å². The summed E-state index contributed by atoms with van der Waals surface area (Å²) in [6.45, 7) is 6.64. The number of thiazole rings is 1. The van der Waals surface area contributed by atoms with E-state index in [0.29, 0.717) is 12.1 Å². The molecule has 0 amide bonds. The Kier molecular flexibility index (Phi) is 5.74. The van der Waals surface area contributed by atoms with Gasteiger partial charge in [0.15, 0.2) is 0 Å². The smallest absolute Gasteiger partial charge is 0.109 e. The topological polar surface area (TPSA) is 24.9 Å². The molecule has 2 atom stereocenters. The third-order valence-corrected chi connectivity index (χ3v) is 4.65. The molecular formula is C17H24N2S. The zero-order valence-electron chi connectivity index (χ0n) is 12.6. The lowest BCUT2D eigenvalue weighted by atomic mass is 10.0. The van der Waals surface area contributed by atoms with Crippen LogP contribution in [0.5, 0.6) is 0 Å². The van der Waals surface area contributed by atoms with Gasteiger partial charge in [0.25, 0.3) is 0 Å². The number of hydrogen-bond acceptors (Lipinski definition) is 3. The minimum absolute atomic E-state index is 0.353. The third-order valence-electron chi connectivity index (χ3n) is 3.76. The maximum Gasteiger partial charge on any atom is 0.109 e. The number of aryl methyl sites for hydroxylation is 1. The van der Waals surface area contributed by atoms with Crippen molar-refractivity contribution in [2.75, 3.05) is 0 Å². The SMILES string of the molecule is CCc1ccc(C(CC)NC(CC)c2nccs2)cc1. The van der Waals surface area contributed by atoms with Gasteiger partial charge in [-0.05, 0) is 30.4 Å². The van der Waals surface area contributed by atoms with Crippen molar-refractivity contribution in [3.8, 4) is 0 Å². The molecule has 108 valence electrons. The van der Waals surface area contributed by atoms with Crippen molar-refractivity contribution in [3.63, 3.8) is 0 Å². The average molecular weight is 288 g/mol.